The lowest BCUT2D eigenvalue weighted by atomic mass is 9.95. The van der Waals surface area contributed by atoms with Gasteiger partial charge in [0.1, 0.15) is 25.6 Å². The molecule has 2 aromatic rings. The number of carbonyl (C=O) groups is 1. The average molecular weight is 365 g/mol. The van der Waals surface area contributed by atoms with Gasteiger partial charge in [0.15, 0.2) is 11.5 Å². The molecule has 1 N–H and O–H groups in total. The molecule has 0 aliphatic carbocycles. The highest BCUT2D eigenvalue weighted by Crippen LogP contribution is 2.34. The van der Waals surface area contributed by atoms with Gasteiger partial charge in [-0.1, -0.05) is 38.1 Å². The lowest BCUT2D eigenvalue weighted by Gasteiger charge is -2.26. The van der Waals surface area contributed by atoms with Crippen LogP contribution >= 0.6 is 0 Å². The van der Waals surface area contributed by atoms with Crippen LogP contribution in [0, 0.1) is 5.92 Å². The van der Waals surface area contributed by atoms with Gasteiger partial charge in [-0.3, -0.25) is 4.79 Å². The predicted octanol–water partition coefficient (Wildman–Crippen LogP) is 3.75. The van der Waals surface area contributed by atoms with E-state index in [9.17, 15) is 4.79 Å². The number of amides is 1. The Morgan fingerprint density at radius 3 is 2.56 bits per heavy atom. The van der Waals surface area contributed by atoms with Crippen molar-refractivity contribution in [3.8, 4) is 17.2 Å². The van der Waals surface area contributed by atoms with Gasteiger partial charge in [0.25, 0.3) is 5.91 Å². The average Bonchev–Trinajstić information content (AvgIpc) is 2.71. The van der Waals surface area contributed by atoms with E-state index in [2.05, 4.69) is 19.2 Å². The maximum absolute atomic E-state index is 12.9. The summed E-state index contributed by atoms with van der Waals surface area (Å²) in [7, 11) is 0. The summed E-state index contributed by atoms with van der Waals surface area (Å²) in [4.78, 5) is 12.9. The summed E-state index contributed by atoms with van der Waals surface area (Å²) in [6, 6.07) is 13.4. The molecule has 0 spiro atoms. The number of hydrogen-bond acceptors (Lipinski definition) is 4. The SMILES string of the molecule is CC(C)[C@H](NC(=O)C1=Cc2ccccc2OC1)c1ccc2c(c1)OCCO2. The van der Waals surface area contributed by atoms with Crippen LogP contribution in [0.3, 0.4) is 0 Å². The van der Waals surface area contributed by atoms with E-state index in [0.717, 1.165) is 28.4 Å². The maximum Gasteiger partial charge on any atom is 0.251 e. The van der Waals surface area contributed by atoms with Crippen molar-refractivity contribution in [1.29, 1.82) is 0 Å². The summed E-state index contributed by atoms with van der Waals surface area (Å²) in [6.07, 6.45) is 1.90. The number of ether oxygens (including phenoxy) is 3. The van der Waals surface area contributed by atoms with E-state index in [1.807, 2.05) is 48.5 Å². The van der Waals surface area contributed by atoms with Crippen molar-refractivity contribution in [3.63, 3.8) is 0 Å². The van der Waals surface area contributed by atoms with Crippen LogP contribution in [0.1, 0.15) is 31.0 Å². The summed E-state index contributed by atoms with van der Waals surface area (Å²) in [5.74, 6) is 2.39. The molecule has 1 amide bonds. The quantitative estimate of drug-likeness (QED) is 0.897. The lowest BCUT2D eigenvalue weighted by Crippen LogP contribution is -2.34. The minimum Gasteiger partial charge on any atom is -0.488 e. The van der Waals surface area contributed by atoms with Crippen LogP contribution in [0.5, 0.6) is 17.2 Å². The van der Waals surface area contributed by atoms with Gasteiger partial charge >= 0.3 is 0 Å². The van der Waals surface area contributed by atoms with Crippen molar-refractivity contribution in [2.45, 2.75) is 19.9 Å². The molecule has 5 heteroatoms. The molecule has 140 valence electrons. The zero-order valence-electron chi connectivity index (χ0n) is 15.5. The minimum absolute atomic E-state index is 0.113. The van der Waals surface area contributed by atoms with Crippen LogP contribution in [-0.2, 0) is 4.79 Å². The van der Waals surface area contributed by atoms with E-state index in [0.29, 0.717) is 18.8 Å². The van der Waals surface area contributed by atoms with E-state index in [4.69, 9.17) is 14.2 Å². The molecule has 1 atom stereocenters. The highest BCUT2D eigenvalue weighted by atomic mass is 16.6. The van der Waals surface area contributed by atoms with Crippen LogP contribution < -0.4 is 19.5 Å². The van der Waals surface area contributed by atoms with Gasteiger partial charge in [-0.25, -0.2) is 0 Å². The Balaban J connectivity index is 1.56. The zero-order chi connectivity index (χ0) is 18.8. The number of para-hydroxylation sites is 1. The van der Waals surface area contributed by atoms with E-state index in [-0.39, 0.29) is 24.5 Å². The Hall–Kier alpha value is -2.95. The second kappa shape index (κ2) is 7.35. The van der Waals surface area contributed by atoms with Gasteiger partial charge in [-0.15, -0.1) is 0 Å². The predicted molar refractivity (Wildman–Crippen MR) is 103 cm³/mol. The molecule has 2 aliphatic rings. The topological polar surface area (TPSA) is 56.8 Å². The maximum atomic E-state index is 12.9. The lowest BCUT2D eigenvalue weighted by molar-refractivity contribution is -0.118. The Labute approximate surface area is 158 Å². The molecular formula is C22H23NO4. The second-order valence-electron chi connectivity index (χ2n) is 7.09. The molecule has 0 unspecified atom stereocenters. The third kappa shape index (κ3) is 3.63. The first-order valence-electron chi connectivity index (χ1n) is 9.24. The van der Waals surface area contributed by atoms with E-state index < -0.39 is 0 Å². The van der Waals surface area contributed by atoms with Crippen LogP contribution in [0.4, 0.5) is 0 Å². The van der Waals surface area contributed by atoms with Gasteiger partial charge < -0.3 is 19.5 Å². The number of nitrogens with one attached hydrogen (secondary N) is 1. The van der Waals surface area contributed by atoms with Crippen molar-refractivity contribution in [2.75, 3.05) is 19.8 Å². The number of rotatable bonds is 4. The van der Waals surface area contributed by atoms with Crippen molar-refractivity contribution >= 4 is 12.0 Å². The monoisotopic (exact) mass is 365 g/mol. The third-order valence-electron chi connectivity index (χ3n) is 4.80. The summed E-state index contributed by atoms with van der Waals surface area (Å²) in [6.45, 7) is 5.55. The van der Waals surface area contributed by atoms with Crippen LogP contribution in [0.25, 0.3) is 6.08 Å². The summed E-state index contributed by atoms with van der Waals surface area (Å²) in [5, 5.41) is 3.16. The first kappa shape index (κ1) is 17.5. The molecule has 0 saturated heterocycles. The Bertz CT molecular complexity index is 888. The summed E-state index contributed by atoms with van der Waals surface area (Å²) < 4.78 is 17.0. The highest BCUT2D eigenvalue weighted by Gasteiger charge is 2.24. The first-order valence-corrected chi connectivity index (χ1v) is 9.24. The van der Waals surface area contributed by atoms with Gasteiger partial charge in [-0.2, -0.15) is 0 Å². The summed E-state index contributed by atoms with van der Waals surface area (Å²) >= 11 is 0. The molecule has 5 nitrogen and oxygen atoms in total. The Morgan fingerprint density at radius 1 is 0.963 bits per heavy atom. The molecule has 0 fully saturated rings. The molecule has 2 aromatic carbocycles. The smallest absolute Gasteiger partial charge is 0.251 e. The fraction of sp³-hybridized carbons (Fsp3) is 0.318. The fourth-order valence-electron chi connectivity index (χ4n) is 3.37. The molecule has 0 bridgehead atoms. The number of carbonyl (C=O) groups excluding carboxylic acids is 1. The van der Waals surface area contributed by atoms with Crippen LogP contribution in [0.15, 0.2) is 48.0 Å². The molecular weight excluding hydrogens is 342 g/mol. The normalized spacial score (nSPS) is 16.0. The van der Waals surface area contributed by atoms with Gasteiger partial charge in [-0.05, 0) is 35.8 Å². The largest absolute Gasteiger partial charge is 0.488 e. The van der Waals surface area contributed by atoms with Crippen LogP contribution in [0.2, 0.25) is 0 Å². The first-order chi connectivity index (χ1) is 13.1. The van der Waals surface area contributed by atoms with E-state index in [1.54, 1.807) is 0 Å². The Kier molecular flexibility index (Phi) is 4.75. The molecule has 0 radical (unpaired) electrons. The molecule has 2 aliphatic heterocycles. The van der Waals surface area contributed by atoms with Gasteiger partial charge in [0, 0.05) is 5.56 Å². The van der Waals surface area contributed by atoms with Gasteiger partial charge in [0.2, 0.25) is 0 Å². The van der Waals surface area contributed by atoms with Gasteiger partial charge in [0.05, 0.1) is 11.6 Å². The van der Waals surface area contributed by atoms with Crippen molar-refractivity contribution in [2.24, 2.45) is 5.92 Å². The number of fused-ring (bicyclic) bond motifs is 2. The van der Waals surface area contributed by atoms with Crippen molar-refractivity contribution in [3.05, 3.63) is 59.2 Å². The number of hydrogen-bond donors (Lipinski definition) is 1. The second-order valence-corrected chi connectivity index (χ2v) is 7.09. The molecule has 2 heterocycles. The summed E-state index contributed by atoms with van der Waals surface area (Å²) in [5.41, 5.74) is 2.55. The Morgan fingerprint density at radius 2 is 1.74 bits per heavy atom. The van der Waals surface area contributed by atoms with Crippen molar-refractivity contribution in [1.82, 2.24) is 5.32 Å². The van der Waals surface area contributed by atoms with Crippen LogP contribution in [-0.4, -0.2) is 25.7 Å². The molecule has 0 aromatic heterocycles. The number of benzene rings is 2. The third-order valence-corrected chi connectivity index (χ3v) is 4.80. The minimum atomic E-state index is -0.133. The van der Waals surface area contributed by atoms with E-state index in [1.165, 1.54) is 0 Å². The highest BCUT2D eigenvalue weighted by molar-refractivity contribution is 5.99. The van der Waals surface area contributed by atoms with E-state index >= 15 is 0 Å². The molecule has 0 saturated carbocycles. The van der Waals surface area contributed by atoms with Crippen molar-refractivity contribution < 1.29 is 19.0 Å². The fourth-order valence-corrected chi connectivity index (χ4v) is 3.37. The standard InChI is InChI=1S/C22H23NO4/c1-14(2)21(16-7-8-19-20(12-16)26-10-9-25-19)23-22(24)17-11-15-5-3-4-6-18(15)27-13-17/h3-8,11-12,14,21H,9-10,13H2,1-2H3,(H,23,24)/t21-/m0/s1. The molecule has 4 rings (SSSR count). The molecule has 27 heavy (non-hydrogen) atoms. The zero-order valence-corrected chi connectivity index (χ0v) is 15.5.